The maximum Gasteiger partial charge on any atom is 0.410 e. The number of likely N-dealkylation sites (tertiary alicyclic amines) is 1. The van der Waals surface area contributed by atoms with E-state index in [1.165, 1.54) is 11.8 Å². The molecule has 0 spiro atoms. The molecule has 2 unspecified atom stereocenters. The van der Waals surface area contributed by atoms with E-state index in [1.807, 2.05) is 20.8 Å². The van der Waals surface area contributed by atoms with E-state index in [0.717, 1.165) is 6.42 Å². The fourth-order valence-corrected chi connectivity index (χ4v) is 3.09. The van der Waals surface area contributed by atoms with Crippen molar-refractivity contribution in [2.45, 2.75) is 44.1 Å². The Hall–Kier alpha value is -0.710. The Bertz CT molecular complexity index is 310. The molecule has 4 nitrogen and oxygen atoms in total. The molecule has 0 radical (unpaired) electrons. The lowest BCUT2D eigenvalue weighted by molar-refractivity contribution is -0.114. The van der Waals surface area contributed by atoms with E-state index >= 15 is 0 Å². The zero-order chi connectivity index (χ0) is 11.2. The van der Waals surface area contributed by atoms with Crippen molar-refractivity contribution >= 4 is 23.0 Å². The van der Waals surface area contributed by atoms with Gasteiger partial charge in [0.25, 0.3) is 0 Å². The zero-order valence-corrected chi connectivity index (χ0v) is 9.97. The van der Waals surface area contributed by atoms with Gasteiger partial charge in [-0.1, -0.05) is 11.8 Å². The lowest BCUT2D eigenvalue weighted by atomic mass is 10.2. The van der Waals surface area contributed by atoms with E-state index in [0.29, 0.717) is 6.54 Å². The van der Waals surface area contributed by atoms with E-state index in [4.69, 9.17) is 4.74 Å². The Morgan fingerprint density at radius 2 is 2.20 bits per heavy atom. The van der Waals surface area contributed by atoms with Crippen molar-refractivity contribution in [2.24, 2.45) is 0 Å². The standard InChI is InChI=1S/C10H15NO3S/c1-10(2,3)14-9(13)11-5-6-4-7(11)8(12)15-6/h6-7H,4-5H2,1-3H3. The lowest BCUT2D eigenvalue weighted by Gasteiger charge is -2.29. The molecule has 2 aliphatic heterocycles. The molecule has 0 aromatic rings. The smallest absolute Gasteiger partial charge is 0.410 e. The van der Waals surface area contributed by atoms with Gasteiger partial charge in [-0.15, -0.1) is 0 Å². The van der Waals surface area contributed by atoms with Crippen LogP contribution in [0.3, 0.4) is 0 Å². The second kappa shape index (κ2) is 3.40. The van der Waals surface area contributed by atoms with Crippen LogP contribution < -0.4 is 0 Å². The highest BCUT2D eigenvalue weighted by molar-refractivity contribution is 8.14. The molecule has 0 aliphatic carbocycles. The van der Waals surface area contributed by atoms with E-state index < -0.39 is 5.60 Å². The third-order valence-corrected chi connectivity index (χ3v) is 3.62. The molecule has 2 saturated heterocycles. The highest BCUT2D eigenvalue weighted by Gasteiger charge is 2.48. The minimum atomic E-state index is -0.491. The Balaban J connectivity index is 2.01. The quantitative estimate of drug-likeness (QED) is 0.633. The summed E-state index contributed by atoms with van der Waals surface area (Å²) in [6, 6.07) is -0.241. The van der Waals surface area contributed by atoms with Crippen LogP contribution in [0.15, 0.2) is 0 Å². The summed E-state index contributed by atoms with van der Waals surface area (Å²) in [7, 11) is 0. The van der Waals surface area contributed by atoms with Gasteiger partial charge < -0.3 is 4.74 Å². The third-order valence-electron chi connectivity index (χ3n) is 2.45. The Kier molecular flexibility index (Phi) is 2.45. The fourth-order valence-electron chi connectivity index (χ4n) is 1.87. The number of carbonyl (C=O) groups excluding carboxylic acids is 2. The average Bonchev–Trinajstić information content (AvgIpc) is 2.58. The largest absolute Gasteiger partial charge is 0.444 e. The van der Waals surface area contributed by atoms with Crippen LogP contribution in [0.2, 0.25) is 0 Å². The first-order chi connectivity index (χ1) is 6.87. The molecular formula is C10H15NO3S. The lowest BCUT2D eigenvalue weighted by Crippen LogP contribution is -2.44. The fraction of sp³-hybridized carbons (Fsp3) is 0.800. The van der Waals surface area contributed by atoms with Crippen LogP contribution in [-0.4, -0.2) is 39.5 Å². The highest BCUT2D eigenvalue weighted by atomic mass is 32.2. The molecule has 0 aromatic heterocycles. The number of rotatable bonds is 0. The number of nitrogens with zero attached hydrogens (tertiary/aromatic N) is 1. The van der Waals surface area contributed by atoms with Crippen molar-refractivity contribution in [2.75, 3.05) is 6.54 Å². The molecule has 2 heterocycles. The van der Waals surface area contributed by atoms with E-state index in [1.54, 1.807) is 4.90 Å². The van der Waals surface area contributed by atoms with Gasteiger partial charge in [-0.25, -0.2) is 4.79 Å². The third kappa shape index (κ3) is 2.12. The van der Waals surface area contributed by atoms with E-state index in [2.05, 4.69) is 0 Å². The second-order valence-corrected chi connectivity index (χ2v) is 6.25. The van der Waals surface area contributed by atoms with Gasteiger partial charge in [-0.05, 0) is 27.2 Å². The Morgan fingerprint density at radius 1 is 1.53 bits per heavy atom. The van der Waals surface area contributed by atoms with E-state index in [-0.39, 0.29) is 22.5 Å². The molecule has 0 N–H and O–H groups in total. The predicted molar refractivity (Wildman–Crippen MR) is 57.7 cm³/mol. The number of thioether (sulfide) groups is 1. The summed E-state index contributed by atoms with van der Waals surface area (Å²) >= 11 is 1.37. The topological polar surface area (TPSA) is 46.6 Å². The summed E-state index contributed by atoms with van der Waals surface area (Å²) < 4.78 is 5.25. The van der Waals surface area contributed by atoms with Crippen molar-refractivity contribution in [1.29, 1.82) is 0 Å². The van der Waals surface area contributed by atoms with Crippen molar-refractivity contribution in [1.82, 2.24) is 4.90 Å². The van der Waals surface area contributed by atoms with Crippen LogP contribution in [0.1, 0.15) is 27.2 Å². The Labute approximate surface area is 93.3 Å². The summed E-state index contributed by atoms with van der Waals surface area (Å²) in [4.78, 5) is 24.7. The van der Waals surface area contributed by atoms with Gasteiger partial charge in [0.15, 0.2) is 0 Å². The number of fused-ring (bicyclic) bond motifs is 2. The van der Waals surface area contributed by atoms with Gasteiger partial charge in [0.1, 0.15) is 11.6 Å². The summed E-state index contributed by atoms with van der Waals surface area (Å²) in [5.74, 6) is 0. The number of amides is 1. The van der Waals surface area contributed by atoms with Crippen molar-refractivity contribution in [3.05, 3.63) is 0 Å². The average molecular weight is 229 g/mol. The van der Waals surface area contributed by atoms with Crippen LogP contribution in [-0.2, 0) is 9.53 Å². The molecule has 2 rings (SSSR count). The molecule has 2 bridgehead atoms. The number of hydrogen-bond donors (Lipinski definition) is 0. The normalized spacial score (nSPS) is 29.8. The number of carbonyl (C=O) groups is 2. The molecule has 2 atom stereocenters. The van der Waals surface area contributed by atoms with Crippen LogP contribution in [0.5, 0.6) is 0 Å². The minimum Gasteiger partial charge on any atom is -0.444 e. The van der Waals surface area contributed by atoms with Crippen LogP contribution >= 0.6 is 11.8 Å². The molecule has 0 saturated carbocycles. The molecule has 0 aromatic carbocycles. The van der Waals surface area contributed by atoms with Crippen molar-refractivity contribution < 1.29 is 14.3 Å². The van der Waals surface area contributed by atoms with Crippen molar-refractivity contribution in [3.63, 3.8) is 0 Å². The SMILES string of the molecule is CC(C)(C)OC(=O)N1CC2CC1C(=O)S2. The molecule has 15 heavy (non-hydrogen) atoms. The van der Waals surface area contributed by atoms with Crippen LogP contribution in [0.4, 0.5) is 4.79 Å². The highest BCUT2D eigenvalue weighted by Crippen LogP contribution is 2.39. The second-order valence-electron chi connectivity index (χ2n) is 4.94. The maximum atomic E-state index is 11.7. The van der Waals surface area contributed by atoms with Gasteiger partial charge in [0.2, 0.25) is 5.12 Å². The van der Waals surface area contributed by atoms with E-state index in [9.17, 15) is 9.59 Å². The Morgan fingerprint density at radius 3 is 2.67 bits per heavy atom. The zero-order valence-electron chi connectivity index (χ0n) is 9.15. The van der Waals surface area contributed by atoms with Gasteiger partial charge >= 0.3 is 6.09 Å². The summed E-state index contributed by atoms with van der Waals surface area (Å²) in [5, 5.41) is 0.395. The first-order valence-corrected chi connectivity index (χ1v) is 5.95. The molecule has 84 valence electrons. The molecule has 2 fully saturated rings. The number of hydrogen-bond acceptors (Lipinski definition) is 4. The molecule has 2 aliphatic rings. The van der Waals surface area contributed by atoms with Gasteiger partial charge in [-0.3, -0.25) is 9.69 Å². The minimum absolute atomic E-state index is 0.108. The summed E-state index contributed by atoms with van der Waals surface area (Å²) in [6.45, 7) is 6.14. The maximum absolute atomic E-state index is 11.7. The first kappa shape index (κ1) is 10.8. The van der Waals surface area contributed by atoms with Crippen molar-refractivity contribution in [3.8, 4) is 0 Å². The van der Waals surface area contributed by atoms with Crippen LogP contribution in [0.25, 0.3) is 0 Å². The molecule has 5 heteroatoms. The first-order valence-electron chi connectivity index (χ1n) is 5.07. The van der Waals surface area contributed by atoms with Crippen LogP contribution in [0, 0.1) is 0 Å². The molecular weight excluding hydrogens is 214 g/mol. The predicted octanol–water partition coefficient (Wildman–Crippen LogP) is 1.64. The van der Waals surface area contributed by atoms with Gasteiger partial charge in [0.05, 0.1) is 0 Å². The summed E-state index contributed by atoms with van der Waals surface area (Å²) in [5.41, 5.74) is -0.491. The summed E-state index contributed by atoms with van der Waals surface area (Å²) in [6.07, 6.45) is 0.437. The number of ether oxygens (including phenoxy) is 1. The van der Waals surface area contributed by atoms with Gasteiger partial charge in [-0.2, -0.15) is 0 Å². The molecule has 1 amide bonds. The van der Waals surface area contributed by atoms with Gasteiger partial charge in [0, 0.05) is 11.8 Å². The monoisotopic (exact) mass is 229 g/mol.